The molecule has 1 fully saturated rings. The van der Waals surface area contributed by atoms with Crippen LogP contribution >= 0.6 is 11.3 Å². The Morgan fingerprint density at radius 1 is 1.11 bits per heavy atom. The topological polar surface area (TPSA) is 13.1 Å². The van der Waals surface area contributed by atoms with Crippen LogP contribution in [0, 0.1) is 13.8 Å². The molecule has 3 heterocycles. The molecule has 0 bridgehead atoms. The molecule has 28 heavy (non-hydrogen) atoms. The predicted molar refractivity (Wildman–Crippen MR) is 117 cm³/mol. The minimum absolute atomic E-state index is 0.613. The summed E-state index contributed by atoms with van der Waals surface area (Å²) in [5.41, 5.74) is 8.13. The zero-order valence-corrected chi connectivity index (χ0v) is 17.5. The number of hydrogen-bond donors (Lipinski definition) is 0. The number of benzene rings is 2. The maximum Gasteiger partial charge on any atom is 0.257 e. The van der Waals surface area contributed by atoms with Gasteiger partial charge in [0, 0.05) is 17.0 Å². The fraction of sp³-hybridized carbons (Fsp3) is 0.320. The zero-order chi connectivity index (χ0) is 19.0. The summed E-state index contributed by atoms with van der Waals surface area (Å²) >= 11 is 1.87. The summed E-state index contributed by atoms with van der Waals surface area (Å²) in [6.45, 7) is 4.50. The highest BCUT2D eigenvalue weighted by Gasteiger charge is 2.37. The molecule has 0 atom stereocenters. The van der Waals surface area contributed by atoms with Crippen molar-refractivity contribution in [2.45, 2.75) is 45.4 Å². The third-order valence-corrected chi connectivity index (χ3v) is 7.84. The van der Waals surface area contributed by atoms with E-state index < -0.39 is 0 Å². The summed E-state index contributed by atoms with van der Waals surface area (Å²) in [6, 6.07) is 11.1. The van der Waals surface area contributed by atoms with Crippen molar-refractivity contribution in [2.24, 2.45) is 7.05 Å². The Morgan fingerprint density at radius 3 is 2.75 bits per heavy atom. The number of rotatable bonds is 1. The predicted octanol–water partition coefficient (Wildman–Crippen LogP) is 6.93. The number of nitrogens with zero attached hydrogens (tertiary/aromatic N) is 1. The van der Waals surface area contributed by atoms with Crippen molar-refractivity contribution in [3.8, 4) is 22.8 Å². The molecule has 3 heteroatoms. The molecule has 4 aromatic rings. The standard InChI is InChI=1S/C25H24NOS/c1-14-13-17-9-6-10-19-21(17)20(15(14)2)23-24(27-19)22(16-7-4-5-8-16)25-18(26(23)3)11-12-28-25/h6,9-13,16H,4-5,7-8H2,1-3H3/q+1. The monoisotopic (exact) mass is 386 g/mol. The van der Waals surface area contributed by atoms with Crippen molar-refractivity contribution in [1.82, 2.24) is 0 Å². The van der Waals surface area contributed by atoms with Crippen LogP contribution in [0.15, 0.2) is 35.7 Å². The van der Waals surface area contributed by atoms with E-state index >= 15 is 0 Å². The molecule has 2 aromatic heterocycles. The first-order chi connectivity index (χ1) is 13.6. The number of aryl methyl sites for hydroxylation is 2. The maximum atomic E-state index is 6.73. The molecular formula is C25H24NOS+. The van der Waals surface area contributed by atoms with Crippen LogP contribution in [0.5, 0.6) is 11.5 Å². The van der Waals surface area contributed by atoms with E-state index in [9.17, 15) is 0 Å². The Balaban J connectivity index is 1.82. The SMILES string of the molecule is Cc1cc2cccc3c2c(c1C)-c1c(c(C2CCCC2)c2sccc2[n+]1C)O3. The van der Waals surface area contributed by atoms with Crippen molar-refractivity contribution in [3.05, 3.63) is 52.4 Å². The van der Waals surface area contributed by atoms with Crippen molar-refractivity contribution in [2.75, 3.05) is 0 Å². The molecule has 0 N–H and O–H groups in total. The molecule has 6 rings (SSSR count). The van der Waals surface area contributed by atoms with Gasteiger partial charge in [0.25, 0.3) is 5.69 Å². The molecule has 140 valence electrons. The van der Waals surface area contributed by atoms with Crippen LogP contribution in [0.25, 0.3) is 32.2 Å². The van der Waals surface area contributed by atoms with Crippen LogP contribution in [-0.2, 0) is 7.05 Å². The van der Waals surface area contributed by atoms with E-state index in [0.29, 0.717) is 5.92 Å². The van der Waals surface area contributed by atoms with Gasteiger partial charge in [0.15, 0.2) is 0 Å². The summed E-state index contributed by atoms with van der Waals surface area (Å²) in [6.07, 6.45) is 5.22. The second kappa shape index (κ2) is 5.81. The van der Waals surface area contributed by atoms with Crippen LogP contribution in [-0.4, -0.2) is 0 Å². The summed E-state index contributed by atoms with van der Waals surface area (Å²) in [7, 11) is 2.21. The Kier molecular flexibility index (Phi) is 3.43. The molecule has 0 unspecified atom stereocenters. The van der Waals surface area contributed by atoms with Crippen molar-refractivity contribution in [1.29, 1.82) is 0 Å². The second-order valence-electron chi connectivity index (χ2n) is 8.42. The lowest BCUT2D eigenvalue weighted by Crippen LogP contribution is -2.34. The highest BCUT2D eigenvalue weighted by molar-refractivity contribution is 7.17. The average Bonchev–Trinajstić information content (AvgIpc) is 3.38. The first-order valence-corrected chi connectivity index (χ1v) is 11.2. The Bertz CT molecular complexity index is 1280. The molecular weight excluding hydrogens is 362 g/mol. The van der Waals surface area contributed by atoms with Crippen molar-refractivity contribution >= 4 is 32.3 Å². The highest BCUT2D eigenvalue weighted by atomic mass is 32.1. The van der Waals surface area contributed by atoms with Crippen LogP contribution in [0.4, 0.5) is 0 Å². The Labute approximate surface area is 169 Å². The van der Waals surface area contributed by atoms with Gasteiger partial charge in [-0.2, -0.15) is 4.57 Å². The minimum atomic E-state index is 0.613. The van der Waals surface area contributed by atoms with E-state index in [0.717, 1.165) is 11.5 Å². The maximum absolute atomic E-state index is 6.73. The molecule has 2 nitrogen and oxygen atoms in total. The van der Waals surface area contributed by atoms with Gasteiger partial charge >= 0.3 is 0 Å². The summed E-state index contributed by atoms with van der Waals surface area (Å²) in [4.78, 5) is 0. The third kappa shape index (κ3) is 2.06. The number of ether oxygens (including phenoxy) is 1. The summed E-state index contributed by atoms with van der Waals surface area (Å²) in [5.74, 6) is 2.73. The number of thiophene rings is 1. The first kappa shape index (κ1) is 16.6. The number of fused-ring (bicyclic) bond motifs is 3. The molecule has 0 saturated heterocycles. The highest BCUT2D eigenvalue weighted by Crippen LogP contribution is 2.53. The Hall–Kier alpha value is -2.39. The number of aromatic nitrogens is 1. The van der Waals surface area contributed by atoms with Crippen molar-refractivity contribution < 1.29 is 9.30 Å². The summed E-state index contributed by atoms with van der Waals surface area (Å²) in [5, 5.41) is 4.77. The van der Waals surface area contributed by atoms with Crippen LogP contribution in [0.3, 0.4) is 0 Å². The largest absolute Gasteiger partial charge is 0.449 e. The number of hydrogen-bond acceptors (Lipinski definition) is 2. The normalized spacial score (nSPS) is 16.0. The smallest absolute Gasteiger partial charge is 0.257 e. The number of pyridine rings is 1. The van der Waals surface area contributed by atoms with Gasteiger partial charge in [-0.05, 0) is 60.6 Å². The lowest BCUT2D eigenvalue weighted by Gasteiger charge is -2.25. The molecule has 0 radical (unpaired) electrons. The van der Waals surface area contributed by atoms with E-state index in [2.05, 4.69) is 61.2 Å². The van der Waals surface area contributed by atoms with Gasteiger partial charge in [0.1, 0.15) is 17.5 Å². The van der Waals surface area contributed by atoms with E-state index in [1.165, 1.54) is 74.6 Å². The van der Waals surface area contributed by atoms with Gasteiger partial charge in [-0.1, -0.05) is 31.0 Å². The fourth-order valence-corrected chi connectivity index (χ4v) is 6.44. The molecule has 1 aliphatic heterocycles. The van der Waals surface area contributed by atoms with Gasteiger partial charge in [0.2, 0.25) is 11.3 Å². The van der Waals surface area contributed by atoms with E-state index in [1.807, 2.05) is 11.3 Å². The first-order valence-electron chi connectivity index (χ1n) is 10.3. The van der Waals surface area contributed by atoms with Crippen LogP contribution in [0.2, 0.25) is 0 Å². The molecule has 2 aliphatic rings. The lowest BCUT2D eigenvalue weighted by molar-refractivity contribution is -0.633. The van der Waals surface area contributed by atoms with Gasteiger partial charge in [-0.3, -0.25) is 0 Å². The third-order valence-electron chi connectivity index (χ3n) is 6.90. The van der Waals surface area contributed by atoms with E-state index in [4.69, 9.17) is 4.74 Å². The average molecular weight is 387 g/mol. The van der Waals surface area contributed by atoms with Gasteiger partial charge in [-0.15, -0.1) is 11.3 Å². The quantitative estimate of drug-likeness (QED) is 0.285. The molecule has 0 spiro atoms. The van der Waals surface area contributed by atoms with E-state index in [1.54, 1.807) is 0 Å². The van der Waals surface area contributed by atoms with Crippen molar-refractivity contribution in [3.63, 3.8) is 0 Å². The van der Waals surface area contributed by atoms with E-state index in [-0.39, 0.29) is 0 Å². The van der Waals surface area contributed by atoms with Gasteiger partial charge < -0.3 is 4.74 Å². The molecule has 0 amide bonds. The van der Waals surface area contributed by atoms with Gasteiger partial charge in [0.05, 0.1) is 5.56 Å². The fourth-order valence-electron chi connectivity index (χ4n) is 5.39. The minimum Gasteiger partial charge on any atom is -0.449 e. The zero-order valence-electron chi connectivity index (χ0n) is 16.6. The lowest BCUT2D eigenvalue weighted by atomic mass is 9.87. The molecule has 1 saturated carbocycles. The molecule has 2 aromatic carbocycles. The van der Waals surface area contributed by atoms with Crippen LogP contribution < -0.4 is 9.30 Å². The van der Waals surface area contributed by atoms with Crippen LogP contribution in [0.1, 0.15) is 48.3 Å². The van der Waals surface area contributed by atoms with Gasteiger partial charge in [-0.25, -0.2) is 0 Å². The molecule has 1 aliphatic carbocycles. The Morgan fingerprint density at radius 2 is 1.93 bits per heavy atom. The second-order valence-corrected chi connectivity index (χ2v) is 9.33. The summed E-state index contributed by atoms with van der Waals surface area (Å²) < 4.78 is 10.5.